The van der Waals surface area contributed by atoms with Crippen LogP contribution in [0, 0.1) is 6.92 Å². The molecule has 7 heteroatoms. The van der Waals surface area contributed by atoms with Crippen molar-refractivity contribution in [2.45, 2.75) is 6.92 Å². The van der Waals surface area contributed by atoms with Gasteiger partial charge in [-0.3, -0.25) is 0 Å². The summed E-state index contributed by atoms with van der Waals surface area (Å²) >= 11 is 0. The van der Waals surface area contributed by atoms with E-state index >= 15 is 0 Å². The summed E-state index contributed by atoms with van der Waals surface area (Å²) in [5.41, 5.74) is 3.99. The summed E-state index contributed by atoms with van der Waals surface area (Å²) in [5.74, 6) is 1.53. The van der Waals surface area contributed by atoms with Crippen LogP contribution < -0.4 is 10.2 Å². The van der Waals surface area contributed by atoms with Crippen LogP contribution in [0.5, 0.6) is 0 Å². The fraction of sp³-hybridized carbons (Fsp3) is 0.238. The van der Waals surface area contributed by atoms with Crippen molar-refractivity contribution < 1.29 is 4.74 Å². The average molecular weight is 374 g/mol. The number of anilines is 3. The van der Waals surface area contributed by atoms with E-state index < -0.39 is 0 Å². The van der Waals surface area contributed by atoms with E-state index in [9.17, 15) is 0 Å². The van der Waals surface area contributed by atoms with Crippen molar-refractivity contribution in [2.24, 2.45) is 0 Å². The molecule has 0 radical (unpaired) electrons. The maximum absolute atomic E-state index is 5.46. The lowest BCUT2D eigenvalue weighted by Gasteiger charge is -2.27. The molecular formula is C21H22N6O. The molecule has 28 heavy (non-hydrogen) atoms. The van der Waals surface area contributed by atoms with Gasteiger partial charge in [0, 0.05) is 42.6 Å². The predicted molar refractivity (Wildman–Crippen MR) is 111 cm³/mol. The first-order valence-corrected chi connectivity index (χ1v) is 9.47. The first-order chi connectivity index (χ1) is 13.8. The van der Waals surface area contributed by atoms with Crippen molar-refractivity contribution in [1.82, 2.24) is 19.5 Å². The standard InChI is InChI=1S/C21H22N6O/c1-15-13-18-19(22-15)24-21(27-9-11-28-12-10-27)25-20(18)23-16-5-4-6-17(14-16)26-7-2-3-8-26/h2-8,13-14H,9-12H2,1H3,(H2,22,23,24,25). The number of hydrogen-bond acceptors (Lipinski definition) is 5. The third-order valence-electron chi connectivity index (χ3n) is 4.92. The molecule has 1 aromatic carbocycles. The van der Waals surface area contributed by atoms with Crippen LogP contribution in [0.1, 0.15) is 5.69 Å². The molecule has 1 aliphatic rings. The lowest BCUT2D eigenvalue weighted by atomic mass is 10.2. The maximum Gasteiger partial charge on any atom is 0.229 e. The van der Waals surface area contributed by atoms with Gasteiger partial charge in [-0.05, 0) is 43.3 Å². The molecule has 5 rings (SSSR count). The summed E-state index contributed by atoms with van der Waals surface area (Å²) in [7, 11) is 0. The second-order valence-corrected chi connectivity index (χ2v) is 6.95. The van der Waals surface area contributed by atoms with Crippen LogP contribution in [0.3, 0.4) is 0 Å². The molecular weight excluding hydrogens is 352 g/mol. The number of aromatic nitrogens is 4. The van der Waals surface area contributed by atoms with Gasteiger partial charge >= 0.3 is 0 Å². The third kappa shape index (κ3) is 3.20. The fourth-order valence-electron chi connectivity index (χ4n) is 3.52. The number of fused-ring (bicyclic) bond motifs is 1. The molecule has 142 valence electrons. The van der Waals surface area contributed by atoms with Crippen LogP contribution in [0.15, 0.2) is 54.9 Å². The van der Waals surface area contributed by atoms with Gasteiger partial charge < -0.3 is 24.5 Å². The zero-order valence-electron chi connectivity index (χ0n) is 15.7. The van der Waals surface area contributed by atoms with Gasteiger partial charge in [0.1, 0.15) is 11.5 Å². The molecule has 3 aromatic heterocycles. The Hall–Kier alpha value is -3.32. The number of nitrogens with one attached hydrogen (secondary N) is 2. The van der Waals surface area contributed by atoms with Crippen molar-refractivity contribution in [1.29, 1.82) is 0 Å². The molecule has 0 aliphatic carbocycles. The number of rotatable bonds is 4. The maximum atomic E-state index is 5.46. The van der Waals surface area contributed by atoms with Crippen LogP contribution in [0.4, 0.5) is 17.5 Å². The molecule has 0 saturated carbocycles. The molecule has 0 atom stereocenters. The Kier molecular flexibility index (Phi) is 4.21. The van der Waals surface area contributed by atoms with Gasteiger partial charge in [0.15, 0.2) is 0 Å². The lowest BCUT2D eigenvalue weighted by Crippen LogP contribution is -2.37. The summed E-state index contributed by atoms with van der Waals surface area (Å²) in [5, 5.41) is 4.49. The first-order valence-electron chi connectivity index (χ1n) is 9.47. The minimum absolute atomic E-state index is 0.701. The highest BCUT2D eigenvalue weighted by molar-refractivity contribution is 5.91. The first kappa shape index (κ1) is 16.8. The van der Waals surface area contributed by atoms with Gasteiger partial charge in [0.05, 0.1) is 18.6 Å². The number of aromatic amines is 1. The van der Waals surface area contributed by atoms with Crippen molar-refractivity contribution >= 4 is 28.5 Å². The number of hydrogen-bond donors (Lipinski definition) is 2. The van der Waals surface area contributed by atoms with Gasteiger partial charge in [-0.2, -0.15) is 9.97 Å². The summed E-state index contributed by atoms with van der Waals surface area (Å²) in [6, 6.07) is 14.4. The molecule has 1 fully saturated rings. The number of aryl methyl sites for hydroxylation is 1. The quantitative estimate of drug-likeness (QED) is 0.571. The van der Waals surface area contributed by atoms with Gasteiger partial charge in [0.2, 0.25) is 5.95 Å². The van der Waals surface area contributed by atoms with Gasteiger partial charge in [-0.15, -0.1) is 0 Å². The van der Waals surface area contributed by atoms with E-state index in [1.54, 1.807) is 0 Å². The Morgan fingerprint density at radius 3 is 2.68 bits per heavy atom. The van der Waals surface area contributed by atoms with E-state index in [0.29, 0.717) is 13.2 Å². The van der Waals surface area contributed by atoms with E-state index in [2.05, 4.69) is 44.0 Å². The Morgan fingerprint density at radius 2 is 1.86 bits per heavy atom. The molecule has 0 amide bonds. The molecule has 1 aliphatic heterocycles. The van der Waals surface area contributed by atoms with Gasteiger partial charge in [-0.1, -0.05) is 6.07 Å². The highest BCUT2D eigenvalue weighted by Crippen LogP contribution is 2.28. The molecule has 4 heterocycles. The molecule has 0 bridgehead atoms. The summed E-state index contributed by atoms with van der Waals surface area (Å²) in [4.78, 5) is 15.1. The van der Waals surface area contributed by atoms with Gasteiger partial charge in [0.25, 0.3) is 0 Å². The van der Waals surface area contributed by atoms with Crippen LogP contribution in [0.25, 0.3) is 16.7 Å². The van der Waals surface area contributed by atoms with Crippen LogP contribution in [-0.2, 0) is 4.74 Å². The van der Waals surface area contributed by atoms with Crippen molar-refractivity contribution in [2.75, 3.05) is 36.5 Å². The zero-order chi connectivity index (χ0) is 18.9. The van der Waals surface area contributed by atoms with E-state index in [-0.39, 0.29) is 0 Å². The number of ether oxygens (including phenoxy) is 1. The smallest absolute Gasteiger partial charge is 0.229 e. The zero-order valence-corrected chi connectivity index (χ0v) is 15.7. The molecule has 0 spiro atoms. The van der Waals surface area contributed by atoms with Crippen LogP contribution >= 0.6 is 0 Å². The Bertz CT molecular complexity index is 1100. The number of benzene rings is 1. The Balaban J connectivity index is 1.53. The van der Waals surface area contributed by atoms with E-state index in [1.807, 2.05) is 37.5 Å². The normalized spacial score (nSPS) is 14.5. The number of nitrogens with zero attached hydrogens (tertiary/aromatic N) is 4. The molecule has 7 nitrogen and oxygen atoms in total. The number of morpholine rings is 1. The second kappa shape index (κ2) is 7.01. The highest BCUT2D eigenvalue weighted by atomic mass is 16.5. The highest BCUT2D eigenvalue weighted by Gasteiger charge is 2.18. The summed E-state index contributed by atoms with van der Waals surface area (Å²) in [6.45, 7) is 5.04. The second-order valence-electron chi connectivity index (χ2n) is 6.95. The number of H-pyrrole nitrogens is 1. The molecule has 0 unspecified atom stereocenters. The average Bonchev–Trinajstić information content (AvgIpc) is 3.38. The summed E-state index contributed by atoms with van der Waals surface area (Å²) in [6.07, 6.45) is 4.07. The largest absolute Gasteiger partial charge is 0.378 e. The SMILES string of the molecule is Cc1cc2c(Nc3cccc(-n4cccc4)c3)nc(N3CCOCC3)nc2[nH]1. The molecule has 4 aromatic rings. The van der Waals surface area contributed by atoms with Crippen molar-refractivity contribution in [3.05, 3.63) is 60.6 Å². The third-order valence-corrected chi connectivity index (χ3v) is 4.92. The van der Waals surface area contributed by atoms with Crippen LogP contribution in [-0.4, -0.2) is 45.8 Å². The van der Waals surface area contributed by atoms with E-state index in [1.165, 1.54) is 0 Å². The van der Waals surface area contributed by atoms with E-state index in [0.717, 1.165) is 53.0 Å². The summed E-state index contributed by atoms with van der Waals surface area (Å²) < 4.78 is 7.55. The fourth-order valence-corrected chi connectivity index (χ4v) is 3.52. The Morgan fingerprint density at radius 1 is 1.04 bits per heavy atom. The van der Waals surface area contributed by atoms with Crippen molar-refractivity contribution in [3.63, 3.8) is 0 Å². The topological polar surface area (TPSA) is 71.0 Å². The minimum Gasteiger partial charge on any atom is -0.378 e. The minimum atomic E-state index is 0.701. The lowest BCUT2D eigenvalue weighted by molar-refractivity contribution is 0.122. The molecule has 1 saturated heterocycles. The van der Waals surface area contributed by atoms with Crippen LogP contribution in [0.2, 0.25) is 0 Å². The van der Waals surface area contributed by atoms with E-state index in [4.69, 9.17) is 14.7 Å². The molecule has 2 N–H and O–H groups in total. The Labute approximate surface area is 163 Å². The van der Waals surface area contributed by atoms with Crippen molar-refractivity contribution in [3.8, 4) is 5.69 Å². The predicted octanol–water partition coefficient (Wildman–Crippen LogP) is 3.64. The van der Waals surface area contributed by atoms with Gasteiger partial charge in [-0.25, -0.2) is 0 Å². The monoisotopic (exact) mass is 374 g/mol.